The van der Waals surface area contributed by atoms with Crippen molar-refractivity contribution in [2.24, 2.45) is 0 Å². The zero-order valence-electron chi connectivity index (χ0n) is 11.9. The normalized spacial score (nSPS) is 10.3. The molecule has 0 saturated carbocycles. The summed E-state index contributed by atoms with van der Waals surface area (Å²) in [7, 11) is 0. The van der Waals surface area contributed by atoms with E-state index in [2.05, 4.69) is 15.5 Å². The van der Waals surface area contributed by atoms with Gasteiger partial charge in [0.2, 0.25) is 12.3 Å². The third-order valence-corrected chi connectivity index (χ3v) is 2.98. The molecule has 0 atom stereocenters. The standard InChI is InChI=1S/C16H12FN3O3/c17-13-3-1-2-4-14(13)19-15(21)9-22-12-7-5-11(6-8-12)16-20-18-10-23-16/h1-8,10H,9H2,(H,19,21). The van der Waals surface area contributed by atoms with Crippen molar-refractivity contribution in [3.63, 3.8) is 0 Å². The lowest BCUT2D eigenvalue weighted by Gasteiger charge is -2.08. The number of carbonyl (C=O) groups excluding carboxylic acids is 1. The second-order valence-corrected chi connectivity index (χ2v) is 4.58. The molecule has 1 amide bonds. The Morgan fingerprint density at radius 1 is 1.17 bits per heavy atom. The molecule has 0 aliphatic heterocycles. The first-order valence-electron chi connectivity index (χ1n) is 6.76. The first kappa shape index (κ1) is 14.7. The number of anilines is 1. The van der Waals surface area contributed by atoms with Crippen molar-refractivity contribution in [2.45, 2.75) is 0 Å². The molecule has 3 rings (SSSR count). The predicted octanol–water partition coefficient (Wildman–Crippen LogP) is 2.89. The van der Waals surface area contributed by atoms with E-state index in [9.17, 15) is 9.18 Å². The van der Waals surface area contributed by atoms with E-state index < -0.39 is 11.7 Å². The second kappa shape index (κ2) is 6.69. The van der Waals surface area contributed by atoms with E-state index in [4.69, 9.17) is 9.15 Å². The summed E-state index contributed by atoms with van der Waals surface area (Å²) in [6, 6.07) is 12.8. The minimum atomic E-state index is -0.496. The van der Waals surface area contributed by atoms with Gasteiger partial charge in [-0.1, -0.05) is 12.1 Å². The summed E-state index contributed by atoms with van der Waals surface area (Å²) in [6.45, 7) is -0.228. The van der Waals surface area contributed by atoms with Gasteiger partial charge in [0.05, 0.1) is 5.69 Å². The number of carbonyl (C=O) groups is 1. The first-order chi connectivity index (χ1) is 11.2. The Morgan fingerprint density at radius 2 is 1.96 bits per heavy atom. The minimum Gasteiger partial charge on any atom is -0.484 e. The smallest absolute Gasteiger partial charge is 0.262 e. The maximum atomic E-state index is 13.4. The molecule has 1 N–H and O–H groups in total. The molecule has 1 aromatic heterocycles. The van der Waals surface area contributed by atoms with Crippen LogP contribution in [0.3, 0.4) is 0 Å². The summed E-state index contributed by atoms with van der Waals surface area (Å²) in [5.74, 6) is -0.0494. The maximum absolute atomic E-state index is 13.4. The van der Waals surface area contributed by atoms with Crippen molar-refractivity contribution < 1.29 is 18.3 Å². The van der Waals surface area contributed by atoms with Crippen LogP contribution in [0.25, 0.3) is 11.5 Å². The van der Waals surface area contributed by atoms with Crippen molar-refractivity contribution >= 4 is 11.6 Å². The van der Waals surface area contributed by atoms with E-state index >= 15 is 0 Å². The molecular formula is C16H12FN3O3. The van der Waals surface area contributed by atoms with Crippen LogP contribution in [0.5, 0.6) is 5.75 Å². The van der Waals surface area contributed by atoms with Crippen molar-refractivity contribution in [1.29, 1.82) is 0 Å². The fraction of sp³-hybridized carbons (Fsp3) is 0.0625. The number of rotatable bonds is 5. The SMILES string of the molecule is O=C(COc1ccc(-c2nnco2)cc1)Nc1ccccc1F. The van der Waals surface area contributed by atoms with Gasteiger partial charge in [-0.05, 0) is 36.4 Å². The number of nitrogens with one attached hydrogen (secondary N) is 1. The molecule has 1 heterocycles. The second-order valence-electron chi connectivity index (χ2n) is 4.58. The van der Waals surface area contributed by atoms with Gasteiger partial charge in [-0.3, -0.25) is 4.79 Å². The minimum absolute atomic E-state index is 0.118. The van der Waals surface area contributed by atoms with Crippen LogP contribution in [-0.4, -0.2) is 22.7 Å². The fourth-order valence-electron chi connectivity index (χ4n) is 1.89. The Kier molecular flexibility index (Phi) is 4.28. The monoisotopic (exact) mass is 313 g/mol. The van der Waals surface area contributed by atoms with Crippen molar-refractivity contribution in [3.8, 4) is 17.2 Å². The molecule has 0 spiro atoms. The summed E-state index contributed by atoms with van der Waals surface area (Å²) < 4.78 is 23.8. The van der Waals surface area contributed by atoms with Crippen molar-refractivity contribution in [1.82, 2.24) is 10.2 Å². The molecule has 0 bridgehead atoms. The number of hydrogen-bond donors (Lipinski definition) is 1. The van der Waals surface area contributed by atoms with Crippen LogP contribution in [0.15, 0.2) is 59.3 Å². The van der Waals surface area contributed by atoms with Crippen LogP contribution < -0.4 is 10.1 Å². The van der Waals surface area contributed by atoms with Crippen molar-refractivity contribution in [2.75, 3.05) is 11.9 Å². The van der Waals surface area contributed by atoms with Gasteiger partial charge in [-0.15, -0.1) is 10.2 Å². The Balaban J connectivity index is 1.56. The van der Waals surface area contributed by atoms with Crippen LogP contribution in [0.1, 0.15) is 0 Å². The lowest BCUT2D eigenvalue weighted by molar-refractivity contribution is -0.118. The number of halogens is 1. The molecule has 7 heteroatoms. The van der Waals surface area contributed by atoms with Gasteiger partial charge in [0.15, 0.2) is 6.61 Å². The number of ether oxygens (including phenoxy) is 1. The summed E-state index contributed by atoms with van der Waals surface area (Å²) in [6.07, 6.45) is 1.24. The number of hydrogen-bond acceptors (Lipinski definition) is 5. The molecule has 2 aromatic carbocycles. The fourth-order valence-corrected chi connectivity index (χ4v) is 1.89. The number of benzene rings is 2. The van der Waals surface area contributed by atoms with E-state index in [-0.39, 0.29) is 12.3 Å². The number of nitrogens with zero attached hydrogens (tertiary/aromatic N) is 2. The molecule has 0 aliphatic rings. The summed E-state index contributed by atoms with van der Waals surface area (Å²) in [5.41, 5.74) is 0.860. The summed E-state index contributed by atoms with van der Waals surface area (Å²) >= 11 is 0. The van der Waals surface area contributed by atoms with Crippen LogP contribution in [0.2, 0.25) is 0 Å². The van der Waals surface area contributed by atoms with E-state index in [1.807, 2.05) is 0 Å². The highest BCUT2D eigenvalue weighted by molar-refractivity contribution is 5.91. The number of amides is 1. The van der Waals surface area contributed by atoms with E-state index in [0.29, 0.717) is 11.6 Å². The Morgan fingerprint density at radius 3 is 2.65 bits per heavy atom. The summed E-state index contributed by atoms with van der Waals surface area (Å²) in [4.78, 5) is 11.8. The Hall–Kier alpha value is -3.22. The highest BCUT2D eigenvalue weighted by Crippen LogP contribution is 2.20. The highest BCUT2D eigenvalue weighted by Gasteiger charge is 2.08. The van der Waals surface area contributed by atoms with Gasteiger partial charge in [0.25, 0.3) is 5.91 Å². The zero-order chi connectivity index (χ0) is 16.1. The first-order valence-corrected chi connectivity index (χ1v) is 6.76. The maximum Gasteiger partial charge on any atom is 0.262 e. The number of para-hydroxylation sites is 1. The van der Waals surface area contributed by atoms with Crippen LogP contribution >= 0.6 is 0 Å². The lowest BCUT2D eigenvalue weighted by Crippen LogP contribution is -2.20. The molecule has 0 saturated heterocycles. The van der Waals surface area contributed by atoms with E-state index in [1.165, 1.54) is 18.5 Å². The third kappa shape index (κ3) is 3.70. The van der Waals surface area contributed by atoms with Crippen LogP contribution in [-0.2, 0) is 4.79 Å². The van der Waals surface area contributed by atoms with Gasteiger partial charge in [0.1, 0.15) is 11.6 Å². The molecule has 3 aromatic rings. The zero-order valence-corrected chi connectivity index (χ0v) is 11.9. The molecule has 6 nitrogen and oxygen atoms in total. The quantitative estimate of drug-likeness (QED) is 0.783. The molecule has 116 valence electrons. The highest BCUT2D eigenvalue weighted by atomic mass is 19.1. The van der Waals surface area contributed by atoms with Gasteiger partial charge in [0, 0.05) is 5.56 Å². The largest absolute Gasteiger partial charge is 0.484 e. The molecule has 0 radical (unpaired) electrons. The molecular weight excluding hydrogens is 301 g/mol. The van der Waals surface area contributed by atoms with Gasteiger partial charge in [-0.25, -0.2) is 4.39 Å². The van der Waals surface area contributed by atoms with Gasteiger partial charge in [-0.2, -0.15) is 0 Å². The Bertz CT molecular complexity index is 789. The van der Waals surface area contributed by atoms with E-state index in [0.717, 1.165) is 5.56 Å². The van der Waals surface area contributed by atoms with Gasteiger partial charge < -0.3 is 14.5 Å². The number of aromatic nitrogens is 2. The van der Waals surface area contributed by atoms with Crippen molar-refractivity contribution in [3.05, 3.63) is 60.7 Å². The Labute approximate surface area is 130 Å². The van der Waals surface area contributed by atoms with Crippen LogP contribution in [0, 0.1) is 5.82 Å². The molecule has 0 unspecified atom stereocenters. The van der Waals surface area contributed by atoms with E-state index in [1.54, 1.807) is 36.4 Å². The molecule has 23 heavy (non-hydrogen) atoms. The van der Waals surface area contributed by atoms with Crippen LogP contribution in [0.4, 0.5) is 10.1 Å². The average molecular weight is 313 g/mol. The average Bonchev–Trinajstić information content (AvgIpc) is 3.10. The molecule has 0 aliphatic carbocycles. The predicted molar refractivity (Wildman–Crippen MR) is 80.3 cm³/mol. The lowest BCUT2D eigenvalue weighted by atomic mass is 10.2. The molecule has 0 fully saturated rings. The third-order valence-electron chi connectivity index (χ3n) is 2.98. The summed E-state index contributed by atoms with van der Waals surface area (Å²) in [5, 5.41) is 9.83. The van der Waals surface area contributed by atoms with Gasteiger partial charge >= 0.3 is 0 Å². The topological polar surface area (TPSA) is 77.2 Å².